The summed E-state index contributed by atoms with van der Waals surface area (Å²) in [5, 5.41) is 11.1. The fourth-order valence-electron chi connectivity index (χ4n) is 3.06. The van der Waals surface area contributed by atoms with E-state index in [0.29, 0.717) is 18.0 Å². The van der Waals surface area contributed by atoms with Gasteiger partial charge in [-0.1, -0.05) is 6.92 Å². The highest BCUT2D eigenvalue weighted by atomic mass is 16.6. The highest BCUT2D eigenvalue weighted by molar-refractivity contribution is 6.01. The molecule has 1 aliphatic heterocycles. The maximum absolute atomic E-state index is 12.7. The van der Waals surface area contributed by atoms with Gasteiger partial charge in [-0.05, 0) is 31.5 Å². The van der Waals surface area contributed by atoms with Crippen molar-refractivity contribution >= 4 is 23.1 Å². The molecule has 0 fully saturated rings. The number of amides is 1. The molecule has 9 nitrogen and oxygen atoms in total. The third-order valence-corrected chi connectivity index (χ3v) is 4.49. The molecule has 1 aromatic heterocycles. The molecule has 28 heavy (non-hydrogen) atoms. The van der Waals surface area contributed by atoms with E-state index in [9.17, 15) is 24.5 Å². The van der Waals surface area contributed by atoms with Gasteiger partial charge in [0.25, 0.3) is 17.2 Å². The Kier molecular flexibility index (Phi) is 5.25. The Morgan fingerprint density at radius 3 is 2.71 bits per heavy atom. The molecule has 0 N–H and O–H groups in total. The average Bonchev–Trinajstić information content (AvgIpc) is 2.65. The van der Waals surface area contributed by atoms with Gasteiger partial charge in [0.1, 0.15) is 5.75 Å². The van der Waals surface area contributed by atoms with Crippen LogP contribution in [0.2, 0.25) is 0 Å². The van der Waals surface area contributed by atoms with Gasteiger partial charge < -0.3 is 14.2 Å². The SMILES string of the molecule is CCCN1C(=O)COc2ccc(C(=O)Cn3cc([N+](=O)[O-])c(C)cc3=O)cc21. The highest BCUT2D eigenvalue weighted by Gasteiger charge is 2.26. The smallest absolute Gasteiger partial charge is 0.288 e. The summed E-state index contributed by atoms with van der Waals surface area (Å²) in [7, 11) is 0. The standard InChI is InChI=1S/C19H19N3O6/c1-3-6-21-14-8-13(4-5-17(14)28-11-19(21)25)16(23)10-20-9-15(22(26)27)12(2)7-18(20)24/h4-5,7-9H,3,6,10-11H2,1-2H3. The van der Waals surface area contributed by atoms with Crippen molar-refractivity contribution in [2.75, 3.05) is 18.1 Å². The number of nitro groups is 1. The van der Waals surface area contributed by atoms with Crippen molar-refractivity contribution in [2.45, 2.75) is 26.8 Å². The first-order valence-electron chi connectivity index (χ1n) is 8.77. The van der Waals surface area contributed by atoms with Crippen molar-refractivity contribution in [1.29, 1.82) is 0 Å². The number of aryl methyl sites for hydroxylation is 1. The van der Waals surface area contributed by atoms with Gasteiger partial charge >= 0.3 is 0 Å². The number of pyridine rings is 1. The second-order valence-electron chi connectivity index (χ2n) is 6.50. The predicted molar refractivity (Wildman–Crippen MR) is 101 cm³/mol. The number of ketones is 1. The summed E-state index contributed by atoms with van der Waals surface area (Å²) in [4.78, 5) is 49.0. The van der Waals surface area contributed by atoms with E-state index in [0.717, 1.165) is 23.3 Å². The predicted octanol–water partition coefficient (Wildman–Crippen LogP) is 2.08. The van der Waals surface area contributed by atoms with Gasteiger partial charge in [0.05, 0.1) is 23.4 Å². The quantitative estimate of drug-likeness (QED) is 0.428. The van der Waals surface area contributed by atoms with E-state index in [1.165, 1.54) is 6.92 Å². The van der Waals surface area contributed by atoms with Gasteiger partial charge in [0.2, 0.25) is 0 Å². The van der Waals surface area contributed by atoms with Crippen molar-refractivity contribution in [3.63, 3.8) is 0 Å². The number of ether oxygens (including phenoxy) is 1. The molecule has 0 bridgehead atoms. The number of hydrogen-bond donors (Lipinski definition) is 0. The molecule has 2 aromatic rings. The van der Waals surface area contributed by atoms with E-state index in [-0.39, 0.29) is 35.9 Å². The molecule has 0 atom stereocenters. The second-order valence-corrected chi connectivity index (χ2v) is 6.50. The van der Waals surface area contributed by atoms with E-state index >= 15 is 0 Å². The minimum Gasteiger partial charge on any atom is -0.482 e. The summed E-state index contributed by atoms with van der Waals surface area (Å²) < 4.78 is 6.42. The lowest BCUT2D eigenvalue weighted by Gasteiger charge is -2.29. The number of aromatic nitrogens is 1. The van der Waals surface area contributed by atoms with Crippen molar-refractivity contribution in [2.24, 2.45) is 0 Å². The number of Topliss-reactive ketones (excluding diaryl/α,β-unsaturated/α-hetero) is 1. The molecule has 2 heterocycles. The van der Waals surface area contributed by atoms with E-state index in [1.54, 1.807) is 23.1 Å². The van der Waals surface area contributed by atoms with Crippen LogP contribution >= 0.6 is 0 Å². The van der Waals surface area contributed by atoms with Crippen LogP contribution in [0.4, 0.5) is 11.4 Å². The first-order chi connectivity index (χ1) is 13.3. The number of carbonyl (C=O) groups excluding carboxylic acids is 2. The van der Waals surface area contributed by atoms with Gasteiger partial charge in [0, 0.05) is 23.7 Å². The first kappa shape index (κ1) is 19.3. The highest BCUT2D eigenvalue weighted by Crippen LogP contribution is 2.33. The zero-order valence-electron chi connectivity index (χ0n) is 15.5. The van der Waals surface area contributed by atoms with Crippen LogP contribution in [0.3, 0.4) is 0 Å². The van der Waals surface area contributed by atoms with Crippen LogP contribution in [0.25, 0.3) is 0 Å². The number of nitrogens with zero attached hydrogens (tertiary/aromatic N) is 3. The zero-order valence-corrected chi connectivity index (χ0v) is 15.5. The number of carbonyl (C=O) groups is 2. The molecule has 146 valence electrons. The molecule has 0 aliphatic carbocycles. The lowest BCUT2D eigenvalue weighted by atomic mass is 10.1. The van der Waals surface area contributed by atoms with Crippen LogP contribution in [0, 0.1) is 17.0 Å². The maximum Gasteiger partial charge on any atom is 0.288 e. The summed E-state index contributed by atoms with van der Waals surface area (Å²) >= 11 is 0. The number of rotatable bonds is 6. The third-order valence-electron chi connectivity index (χ3n) is 4.49. The Hall–Kier alpha value is -3.49. The van der Waals surface area contributed by atoms with Crippen molar-refractivity contribution in [3.8, 4) is 5.75 Å². The van der Waals surface area contributed by atoms with Crippen LogP contribution in [0.5, 0.6) is 5.75 Å². The summed E-state index contributed by atoms with van der Waals surface area (Å²) in [6.45, 7) is 3.50. The Labute approximate surface area is 160 Å². The summed E-state index contributed by atoms with van der Waals surface area (Å²) in [5.74, 6) is -0.0883. The third kappa shape index (κ3) is 3.64. The van der Waals surface area contributed by atoms with E-state index in [2.05, 4.69) is 0 Å². The van der Waals surface area contributed by atoms with Crippen LogP contribution in [0.15, 0.2) is 35.3 Å². The van der Waals surface area contributed by atoms with Gasteiger partial charge in [-0.15, -0.1) is 0 Å². The van der Waals surface area contributed by atoms with Gasteiger partial charge in [-0.3, -0.25) is 24.5 Å². The number of anilines is 1. The zero-order chi connectivity index (χ0) is 20.4. The summed E-state index contributed by atoms with van der Waals surface area (Å²) in [6.07, 6.45) is 1.82. The van der Waals surface area contributed by atoms with Gasteiger partial charge in [-0.25, -0.2) is 0 Å². The maximum atomic E-state index is 12.7. The topological polar surface area (TPSA) is 112 Å². The Bertz CT molecular complexity index is 1030. The summed E-state index contributed by atoms with van der Waals surface area (Å²) in [6, 6.07) is 5.85. The second kappa shape index (κ2) is 7.63. The minimum absolute atomic E-state index is 0.0529. The molecular weight excluding hydrogens is 366 g/mol. The lowest BCUT2D eigenvalue weighted by molar-refractivity contribution is -0.385. The van der Waals surface area contributed by atoms with Crippen LogP contribution in [-0.2, 0) is 11.3 Å². The monoisotopic (exact) mass is 385 g/mol. The van der Waals surface area contributed by atoms with Crippen molar-refractivity contribution in [3.05, 3.63) is 62.1 Å². The van der Waals surface area contributed by atoms with E-state index in [4.69, 9.17) is 4.74 Å². The Morgan fingerprint density at radius 2 is 2.04 bits per heavy atom. The van der Waals surface area contributed by atoms with Crippen molar-refractivity contribution < 1.29 is 19.2 Å². The molecule has 0 saturated carbocycles. The number of benzene rings is 1. The first-order valence-corrected chi connectivity index (χ1v) is 8.77. The van der Waals surface area contributed by atoms with Crippen molar-refractivity contribution in [1.82, 2.24) is 4.57 Å². The molecule has 0 spiro atoms. The Balaban J connectivity index is 1.92. The van der Waals surface area contributed by atoms with Crippen LogP contribution in [0.1, 0.15) is 29.3 Å². The fraction of sp³-hybridized carbons (Fsp3) is 0.316. The molecule has 3 rings (SSSR count). The summed E-state index contributed by atoms with van der Waals surface area (Å²) in [5.41, 5.74) is 0.296. The number of fused-ring (bicyclic) bond motifs is 1. The molecule has 1 aliphatic rings. The van der Waals surface area contributed by atoms with E-state index in [1.807, 2.05) is 6.92 Å². The lowest BCUT2D eigenvalue weighted by Crippen LogP contribution is -2.39. The molecule has 0 radical (unpaired) electrons. The largest absolute Gasteiger partial charge is 0.482 e. The molecule has 1 aromatic carbocycles. The van der Waals surface area contributed by atoms with Gasteiger partial charge in [-0.2, -0.15) is 0 Å². The molecule has 0 unspecified atom stereocenters. The normalized spacial score (nSPS) is 13.1. The number of hydrogen-bond acceptors (Lipinski definition) is 6. The Morgan fingerprint density at radius 1 is 1.29 bits per heavy atom. The molecule has 0 saturated heterocycles. The molecule has 9 heteroatoms. The fourth-order valence-corrected chi connectivity index (χ4v) is 3.06. The van der Waals surface area contributed by atoms with Crippen LogP contribution in [-0.4, -0.2) is 34.3 Å². The molecule has 1 amide bonds. The minimum atomic E-state index is -0.597. The van der Waals surface area contributed by atoms with Crippen LogP contribution < -0.4 is 15.2 Å². The molecular formula is C19H19N3O6. The van der Waals surface area contributed by atoms with E-state index < -0.39 is 16.3 Å². The van der Waals surface area contributed by atoms with Gasteiger partial charge in [0.15, 0.2) is 12.4 Å². The average molecular weight is 385 g/mol.